The highest BCUT2D eigenvalue weighted by Gasteiger charge is 2.14. The molecule has 0 bridgehead atoms. The van der Waals surface area contributed by atoms with E-state index in [4.69, 9.17) is 0 Å². The lowest BCUT2D eigenvalue weighted by Crippen LogP contribution is -2.24. The van der Waals surface area contributed by atoms with Gasteiger partial charge in [0.05, 0.1) is 0 Å². The lowest BCUT2D eigenvalue weighted by atomic mass is 9.95. The zero-order valence-electron chi connectivity index (χ0n) is 11.5. The van der Waals surface area contributed by atoms with Crippen LogP contribution in [0.2, 0.25) is 0 Å². The molecule has 4 heteroatoms. The van der Waals surface area contributed by atoms with Gasteiger partial charge in [0.1, 0.15) is 5.82 Å². The van der Waals surface area contributed by atoms with Gasteiger partial charge in [-0.1, -0.05) is 34.1 Å². The average Bonchev–Trinajstić information content (AvgIpc) is 2.49. The fourth-order valence-corrected chi connectivity index (χ4v) is 2.93. The minimum atomic E-state index is -0.350. The van der Waals surface area contributed by atoms with Crippen molar-refractivity contribution in [3.63, 3.8) is 0 Å². The monoisotopic (exact) mass is 347 g/mol. The fraction of sp³-hybridized carbons (Fsp3) is 0.235. The molecule has 108 valence electrons. The molecule has 0 aliphatic carbocycles. The first kappa shape index (κ1) is 14.4. The van der Waals surface area contributed by atoms with E-state index >= 15 is 0 Å². The van der Waals surface area contributed by atoms with Gasteiger partial charge >= 0.3 is 0 Å². The van der Waals surface area contributed by atoms with E-state index in [1.165, 1.54) is 17.2 Å². The molecule has 2 aromatic carbocycles. The van der Waals surface area contributed by atoms with Crippen LogP contribution in [0.5, 0.6) is 0 Å². The molecule has 2 aromatic rings. The Morgan fingerprint density at radius 1 is 1.19 bits per heavy atom. The summed E-state index contributed by atoms with van der Waals surface area (Å²) in [6, 6.07) is 10.6. The van der Waals surface area contributed by atoms with Crippen LogP contribution in [-0.2, 0) is 19.4 Å². The number of nitrogens with one attached hydrogen (secondary N) is 1. The molecule has 1 aliphatic rings. The second-order valence-electron chi connectivity index (χ2n) is 5.25. The van der Waals surface area contributed by atoms with Crippen molar-refractivity contribution in [1.82, 2.24) is 5.32 Å². The van der Waals surface area contributed by atoms with E-state index in [1.54, 1.807) is 12.1 Å². The fourth-order valence-electron chi connectivity index (χ4n) is 2.59. The molecule has 21 heavy (non-hydrogen) atoms. The van der Waals surface area contributed by atoms with Gasteiger partial charge in [-0.3, -0.25) is 4.79 Å². The van der Waals surface area contributed by atoms with E-state index in [1.807, 2.05) is 18.2 Å². The van der Waals surface area contributed by atoms with Crippen LogP contribution in [0.15, 0.2) is 40.9 Å². The van der Waals surface area contributed by atoms with E-state index in [0.29, 0.717) is 15.6 Å². The van der Waals surface area contributed by atoms with Gasteiger partial charge in [-0.05, 0) is 47.9 Å². The molecule has 0 spiro atoms. The number of ketones is 1. The summed E-state index contributed by atoms with van der Waals surface area (Å²) in [7, 11) is 0. The number of halogens is 2. The molecule has 0 radical (unpaired) electrons. The summed E-state index contributed by atoms with van der Waals surface area (Å²) in [4.78, 5) is 12.3. The predicted octanol–water partition coefficient (Wildman–Crippen LogP) is 3.66. The number of carbonyl (C=O) groups is 1. The number of rotatable bonds is 3. The minimum absolute atomic E-state index is 0.0513. The molecule has 0 saturated heterocycles. The molecule has 0 unspecified atom stereocenters. The molecular weight excluding hydrogens is 333 g/mol. The SMILES string of the molecule is O=C(Cc1ccc(Br)cc1F)c1ccc2c(c1)CNCC2. The van der Waals surface area contributed by atoms with Crippen LogP contribution < -0.4 is 5.32 Å². The predicted molar refractivity (Wildman–Crippen MR) is 84.0 cm³/mol. The van der Waals surface area contributed by atoms with Crippen LogP contribution in [0.25, 0.3) is 0 Å². The number of Topliss-reactive ketones (excluding diaryl/α,β-unsaturated/α-hetero) is 1. The number of hydrogen-bond acceptors (Lipinski definition) is 2. The van der Waals surface area contributed by atoms with Crippen molar-refractivity contribution in [3.05, 3.63) is 68.9 Å². The molecule has 0 saturated carbocycles. The zero-order valence-corrected chi connectivity index (χ0v) is 13.0. The van der Waals surface area contributed by atoms with Crippen molar-refractivity contribution in [2.75, 3.05) is 6.54 Å². The molecule has 1 heterocycles. The topological polar surface area (TPSA) is 29.1 Å². The van der Waals surface area contributed by atoms with Gasteiger partial charge < -0.3 is 5.32 Å². The Kier molecular flexibility index (Phi) is 4.17. The van der Waals surface area contributed by atoms with Crippen molar-refractivity contribution >= 4 is 21.7 Å². The van der Waals surface area contributed by atoms with E-state index in [-0.39, 0.29) is 18.0 Å². The highest BCUT2D eigenvalue weighted by Crippen LogP contribution is 2.20. The maximum absolute atomic E-state index is 13.8. The Morgan fingerprint density at radius 2 is 2.05 bits per heavy atom. The van der Waals surface area contributed by atoms with Crippen LogP contribution in [-0.4, -0.2) is 12.3 Å². The second-order valence-corrected chi connectivity index (χ2v) is 6.16. The normalized spacial score (nSPS) is 13.8. The third kappa shape index (κ3) is 3.22. The molecule has 0 atom stereocenters. The van der Waals surface area contributed by atoms with Crippen molar-refractivity contribution in [3.8, 4) is 0 Å². The maximum atomic E-state index is 13.8. The summed E-state index contributed by atoms with van der Waals surface area (Å²) >= 11 is 3.22. The molecule has 0 fully saturated rings. The molecule has 2 nitrogen and oxygen atoms in total. The van der Waals surface area contributed by atoms with Crippen LogP contribution >= 0.6 is 15.9 Å². The van der Waals surface area contributed by atoms with E-state index < -0.39 is 0 Å². The smallest absolute Gasteiger partial charge is 0.167 e. The second kappa shape index (κ2) is 6.08. The molecule has 3 rings (SSSR count). The first-order chi connectivity index (χ1) is 10.1. The molecular formula is C17H15BrFNO. The summed E-state index contributed by atoms with van der Waals surface area (Å²) in [6.07, 6.45) is 1.08. The first-order valence-electron chi connectivity index (χ1n) is 6.93. The van der Waals surface area contributed by atoms with E-state index in [9.17, 15) is 9.18 Å². The minimum Gasteiger partial charge on any atom is -0.312 e. The number of carbonyl (C=O) groups excluding carboxylic acids is 1. The summed E-state index contributed by atoms with van der Waals surface area (Å²) in [5, 5.41) is 3.30. The lowest BCUT2D eigenvalue weighted by molar-refractivity contribution is 0.0991. The van der Waals surface area contributed by atoms with Crippen molar-refractivity contribution < 1.29 is 9.18 Å². The van der Waals surface area contributed by atoms with Gasteiger partial charge in [0.2, 0.25) is 0 Å². The number of fused-ring (bicyclic) bond motifs is 1. The Bertz CT molecular complexity index is 699. The lowest BCUT2D eigenvalue weighted by Gasteiger charge is -2.17. The highest BCUT2D eigenvalue weighted by molar-refractivity contribution is 9.10. The number of benzene rings is 2. The summed E-state index contributed by atoms with van der Waals surface area (Å²) < 4.78 is 14.5. The summed E-state index contributed by atoms with van der Waals surface area (Å²) in [6.45, 7) is 1.77. The molecule has 1 aliphatic heterocycles. The van der Waals surface area contributed by atoms with Gasteiger partial charge in [0, 0.05) is 23.0 Å². The van der Waals surface area contributed by atoms with Crippen LogP contribution in [0.4, 0.5) is 4.39 Å². The molecule has 0 amide bonds. The van der Waals surface area contributed by atoms with Crippen LogP contribution in [0.3, 0.4) is 0 Å². The van der Waals surface area contributed by atoms with E-state index in [2.05, 4.69) is 21.2 Å². The Balaban J connectivity index is 1.82. The first-order valence-corrected chi connectivity index (χ1v) is 7.72. The molecule has 1 N–H and O–H groups in total. The standard InChI is InChI=1S/C17H15BrFNO/c18-15-4-3-12(16(19)9-15)8-17(21)13-2-1-11-5-6-20-10-14(11)7-13/h1-4,7,9,20H,5-6,8,10H2. The third-order valence-electron chi connectivity index (χ3n) is 3.78. The zero-order chi connectivity index (χ0) is 14.8. The summed E-state index contributed by atoms with van der Waals surface area (Å²) in [5.41, 5.74) is 3.54. The quantitative estimate of drug-likeness (QED) is 0.858. The van der Waals surface area contributed by atoms with Gasteiger partial charge in [-0.15, -0.1) is 0 Å². The van der Waals surface area contributed by atoms with Gasteiger partial charge in [0.25, 0.3) is 0 Å². The maximum Gasteiger partial charge on any atom is 0.167 e. The van der Waals surface area contributed by atoms with Crippen LogP contribution in [0, 0.1) is 5.82 Å². The largest absolute Gasteiger partial charge is 0.312 e. The van der Waals surface area contributed by atoms with Crippen molar-refractivity contribution in [2.24, 2.45) is 0 Å². The number of hydrogen-bond donors (Lipinski definition) is 1. The average molecular weight is 348 g/mol. The Labute approximate surface area is 131 Å². The van der Waals surface area contributed by atoms with Crippen molar-refractivity contribution in [1.29, 1.82) is 0 Å². The van der Waals surface area contributed by atoms with Crippen LogP contribution in [0.1, 0.15) is 27.0 Å². The Morgan fingerprint density at radius 3 is 2.86 bits per heavy atom. The Hall–Kier alpha value is -1.52. The van der Waals surface area contributed by atoms with Gasteiger partial charge in [0.15, 0.2) is 5.78 Å². The highest BCUT2D eigenvalue weighted by atomic mass is 79.9. The summed E-state index contributed by atoms with van der Waals surface area (Å²) in [5.74, 6) is -0.401. The van der Waals surface area contributed by atoms with E-state index in [0.717, 1.165) is 19.5 Å². The molecule has 0 aromatic heterocycles. The van der Waals surface area contributed by atoms with Gasteiger partial charge in [-0.25, -0.2) is 4.39 Å². The van der Waals surface area contributed by atoms with Gasteiger partial charge in [-0.2, -0.15) is 0 Å². The van der Waals surface area contributed by atoms with Crippen molar-refractivity contribution in [2.45, 2.75) is 19.4 Å². The third-order valence-corrected chi connectivity index (χ3v) is 4.27.